The molecule has 0 atom stereocenters. The smallest absolute Gasteiger partial charge is 0.165 e. The molecule has 0 aliphatic carbocycles. The molecule has 108 valence electrons. The minimum Gasteiger partial charge on any atom is -0.461 e. The summed E-state index contributed by atoms with van der Waals surface area (Å²) < 4.78 is 5.79. The third kappa shape index (κ3) is 2.15. The summed E-state index contributed by atoms with van der Waals surface area (Å²) in [7, 11) is 0. The highest BCUT2D eigenvalue weighted by Gasteiger charge is 2.18. The lowest BCUT2D eigenvalue weighted by Gasteiger charge is -2.11. The minimum atomic E-state index is 0.639. The van der Waals surface area contributed by atoms with Crippen LogP contribution in [0.2, 0.25) is 0 Å². The SMILES string of the molecule is CCc1c(C)nc(-c2c(C)oc3ccccc23)nc1NN. The van der Waals surface area contributed by atoms with Crippen LogP contribution in [-0.2, 0) is 6.42 Å². The Kier molecular flexibility index (Phi) is 3.35. The maximum Gasteiger partial charge on any atom is 0.165 e. The second-order valence-corrected chi connectivity index (χ2v) is 4.99. The fourth-order valence-corrected chi connectivity index (χ4v) is 2.70. The number of para-hydroxylation sites is 1. The molecule has 0 aliphatic heterocycles. The number of hydrogen-bond acceptors (Lipinski definition) is 5. The summed E-state index contributed by atoms with van der Waals surface area (Å²) in [5, 5.41) is 1.02. The number of nitrogens with two attached hydrogens (primary N) is 1. The summed E-state index contributed by atoms with van der Waals surface area (Å²) in [5.74, 6) is 7.72. The standard InChI is InChI=1S/C16H18N4O/c1-4-11-9(2)18-16(19-15(11)20-17)14-10(3)21-13-8-6-5-7-12(13)14/h5-8H,4,17H2,1-3H3,(H,18,19,20). The summed E-state index contributed by atoms with van der Waals surface area (Å²) in [6.45, 7) is 5.96. The Morgan fingerprint density at radius 1 is 1.19 bits per heavy atom. The van der Waals surface area contributed by atoms with Gasteiger partial charge in [-0.25, -0.2) is 15.8 Å². The van der Waals surface area contributed by atoms with Gasteiger partial charge >= 0.3 is 0 Å². The fraction of sp³-hybridized carbons (Fsp3) is 0.250. The molecule has 0 amide bonds. The monoisotopic (exact) mass is 282 g/mol. The summed E-state index contributed by atoms with van der Waals surface area (Å²) in [6.07, 6.45) is 0.830. The van der Waals surface area contributed by atoms with E-state index in [0.29, 0.717) is 11.6 Å². The molecule has 5 heteroatoms. The molecule has 3 rings (SSSR count). The average Bonchev–Trinajstić information content (AvgIpc) is 2.82. The van der Waals surface area contributed by atoms with Gasteiger partial charge in [-0.2, -0.15) is 0 Å². The highest BCUT2D eigenvalue weighted by atomic mass is 16.3. The molecule has 0 saturated heterocycles. The Morgan fingerprint density at radius 3 is 2.67 bits per heavy atom. The first-order valence-electron chi connectivity index (χ1n) is 6.98. The average molecular weight is 282 g/mol. The van der Waals surface area contributed by atoms with Crippen molar-refractivity contribution in [3.63, 3.8) is 0 Å². The number of aryl methyl sites for hydroxylation is 2. The number of hydrazine groups is 1. The van der Waals surface area contributed by atoms with Crippen molar-refractivity contribution in [2.75, 3.05) is 5.43 Å². The fourth-order valence-electron chi connectivity index (χ4n) is 2.70. The van der Waals surface area contributed by atoms with Crippen LogP contribution in [-0.4, -0.2) is 9.97 Å². The molecule has 0 bridgehead atoms. The number of nitrogens with zero attached hydrogens (tertiary/aromatic N) is 2. The first-order chi connectivity index (χ1) is 10.2. The molecule has 0 saturated carbocycles. The van der Waals surface area contributed by atoms with Crippen molar-refractivity contribution in [1.29, 1.82) is 0 Å². The number of furan rings is 1. The quantitative estimate of drug-likeness (QED) is 0.569. The van der Waals surface area contributed by atoms with E-state index in [4.69, 9.17) is 10.3 Å². The van der Waals surface area contributed by atoms with Crippen LogP contribution < -0.4 is 11.3 Å². The van der Waals surface area contributed by atoms with E-state index in [0.717, 1.165) is 40.0 Å². The number of aromatic nitrogens is 2. The third-order valence-corrected chi connectivity index (χ3v) is 3.70. The van der Waals surface area contributed by atoms with Crippen LogP contribution in [0.25, 0.3) is 22.4 Å². The van der Waals surface area contributed by atoms with Crippen LogP contribution in [0.15, 0.2) is 28.7 Å². The summed E-state index contributed by atoms with van der Waals surface area (Å²) in [5.41, 5.74) is 6.40. The Labute approximate surface area is 123 Å². The maximum atomic E-state index is 5.79. The number of hydrogen-bond donors (Lipinski definition) is 2. The van der Waals surface area contributed by atoms with Crippen LogP contribution in [0.5, 0.6) is 0 Å². The molecule has 3 N–H and O–H groups in total. The number of benzene rings is 1. The zero-order chi connectivity index (χ0) is 15.0. The van der Waals surface area contributed by atoms with E-state index in [1.807, 2.05) is 38.1 Å². The van der Waals surface area contributed by atoms with E-state index in [-0.39, 0.29) is 0 Å². The highest BCUT2D eigenvalue weighted by Crippen LogP contribution is 2.33. The molecule has 2 heterocycles. The van der Waals surface area contributed by atoms with Crippen molar-refractivity contribution in [1.82, 2.24) is 9.97 Å². The van der Waals surface area contributed by atoms with Gasteiger partial charge in [0.25, 0.3) is 0 Å². The molecule has 21 heavy (non-hydrogen) atoms. The van der Waals surface area contributed by atoms with E-state index in [2.05, 4.69) is 22.3 Å². The van der Waals surface area contributed by atoms with Crippen molar-refractivity contribution in [3.8, 4) is 11.4 Å². The normalized spacial score (nSPS) is 11.0. The second kappa shape index (κ2) is 5.18. The largest absolute Gasteiger partial charge is 0.461 e. The Balaban J connectivity index is 2.28. The molecule has 0 spiro atoms. The molecular formula is C16H18N4O. The topological polar surface area (TPSA) is 77.0 Å². The van der Waals surface area contributed by atoms with Crippen molar-refractivity contribution in [2.45, 2.75) is 27.2 Å². The molecule has 1 aromatic carbocycles. The second-order valence-electron chi connectivity index (χ2n) is 4.99. The van der Waals surface area contributed by atoms with Gasteiger partial charge in [-0.3, -0.25) is 0 Å². The van der Waals surface area contributed by atoms with Gasteiger partial charge in [-0.15, -0.1) is 0 Å². The van der Waals surface area contributed by atoms with E-state index >= 15 is 0 Å². The van der Waals surface area contributed by atoms with Gasteiger partial charge in [0.15, 0.2) is 5.82 Å². The first kappa shape index (κ1) is 13.6. The van der Waals surface area contributed by atoms with Crippen LogP contribution in [0.3, 0.4) is 0 Å². The number of nitrogens with one attached hydrogen (secondary N) is 1. The lowest BCUT2D eigenvalue weighted by Crippen LogP contribution is -2.13. The summed E-state index contributed by atoms with van der Waals surface area (Å²) >= 11 is 0. The highest BCUT2D eigenvalue weighted by molar-refractivity contribution is 5.94. The van der Waals surface area contributed by atoms with Crippen LogP contribution in [0, 0.1) is 13.8 Å². The van der Waals surface area contributed by atoms with E-state index < -0.39 is 0 Å². The zero-order valence-corrected chi connectivity index (χ0v) is 12.4. The van der Waals surface area contributed by atoms with Gasteiger partial charge < -0.3 is 9.84 Å². The Bertz CT molecular complexity index is 807. The lowest BCUT2D eigenvalue weighted by atomic mass is 10.1. The van der Waals surface area contributed by atoms with Crippen molar-refractivity contribution >= 4 is 16.8 Å². The van der Waals surface area contributed by atoms with Gasteiger partial charge in [0.2, 0.25) is 0 Å². The van der Waals surface area contributed by atoms with Crippen LogP contribution >= 0.6 is 0 Å². The van der Waals surface area contributed by atoms with Crippen LogP contribution in [0.1, 0.15) is 23.9 Å². The molecule has 5 nitrogen and oxygen atoms in total. The van der Waals surface area contributed by atoms with Gasteiger partial charge in [0.1, 0.15) is 17.2 Å². The zero-order valence-electron chi connectivity index (χ0n) is 12.4. The van der Waals surface area contributed by atoms with E-state index in [1.54, 1.807) is 0 Å². The van der Waals surface area contributed by atoms with Crippen molar-refractivity contribution in [2.24, 2.45) is 5.84 Å². The predicted molar refractivity (Wildman–Crippen MR) is 83.9 cm³/mol. The molecule has 0 unspecified atom stereocenters. The molecule has 0 aliphatic rings. The molecule has 0 fully saturated rings. The summed E-state index contributed by atoms with van der Waals surface area (Å²) in [4.78, 5) is 9.21. The molecule has 3 aromatic rings. The Hall–Kier alpha value is -2.40. The maximum absolute atomic E-state index is 5.79. The van der Waals surface area contributed by atoms with Gasteiger partial charge in [0.05, 0.1) is 5.56 Å². The van der Waals surface area contributed by atoms with E-state index in [9.17, 15) is 0 Å². The predicted octanol–water partition coefficient (Wildman–Crippen LogP) is 3.35. The van der Waals surface area contributed by atoms with Crippen molar-refractivity contribution < 1.29 is 4.42 Å². The van der Waals surface area contributed by atoms with Gasteiger partial charge in [-0.1, -0.05) is 25.1 Å². The summed E-state index contributed by atoms with van der Waals surface area (Å²) in [6, 6.07) is 7.90. The number of anilines is 1. The number of rotatable bonds is 3. The lowest BCUT2D eigenvalue weighted by molar-refractivity contribution is 0.579. The third-order valence-electron chi connectivity index (χ3n) is 3.70. The minimum absolute atomic E-state index is 0.639. The van der Waals surface area contributed by atoms with Crippen LogP contribution in [0.4, 0.5) is 5.82 Å². The van der Waals surface area contributed by atoms with E-state index in [1.165, 1.54) is 0 Å². The van der Waals surface area contributed by atoms with Gasteiger partial charge in [-0.05, 0) is 26.3 Å². The van der Waals surface area contributed by atoms with Crippen molar-refractivity contribution in [3.05, 3.63) is 41.3 Å². The molecule has 2 aromatic heterocycles. The van der Waals surface area contributed by atoms with Gasteiger partial charge in [0, 0.05) is 16.6 Å². The molecular weight excluding hydrogens is 264 g/mol. The number of fused-ring (bicyclic) bond motifs is 1. The first-order valence-corrected chi connectivity index (χ1v) is 6.98. The number of nitrogen functional groups attached to an aromatic ring is 1. The Morgan fingerprint density at radius 2 is 1.95 bits per heavy atom. The molecule has 0 radical (unpaired) electrons.